The van der Waals surface area contributed by atoms with Crippen molar-refractivity contribution in [2.24, 2.45) is 0 Å². The average molecular weight is 495 g/mol. The summed E-state index contributed by atoms with van der Waals surface area (Å²) in [5.74, 6) is 0. The van der Waals surface area contributed by atoms with Gasteiger partial charge in [0.05, 0.1) is 0 Å². The maximum atomic E-state index is 2.25. The SMILES string of the molecule is [I-].[SbH3+][C](c1ccccc1)(c1ccccc1)c1ccccc1. The van der Waals surface area contributed by atoms with Crippen LogP contribution in [0.4, 0.5) is 0 Å². The molecule has 3 aromatic carbocycles. The van der Waals surface area contributed by atoms with Gasteiger partial charge in [0, 0.05) is 0 Å². The van der Waals surface area contributed by atoms with Crippen molar-refractivity contribution in [2.45, 2.75) is 3.36 Å². The van der Waals surface area contributed by atoms with Crippen LogP contribution in [0.2, 0.25) is 0 Å². The molecule has 0 N–H and O–H groups in total. The van der Waals surface area contributed by atoms with Gasteiger partial charge < -0.3 is 24.0 Å². The van der Waals surface area contributed by atoms with E-state index in [0.29, 0.717) is 0 Å². The monoisotopic (exact) mass is 494 g/mol. The number of benzene rings is 3. The third-order valence-corrected chi connectivity index (χ3v) is 7.30. The van der Waals surface area contributed by atoms with Crippen LogP contribution in [0.15, 0.2) is 91.0 Å². The summed E-state index contributed by atoms with van der Waals surface area (Å²) in [6, 6.07) is 32.6. The van der Waals surface area contributed by atoms with E-state index in [1.165, 1.54) is 16.7 Å². The zero-order chi connectivity index (χ0) is 13.8. The molecular formula is C19H18ISb. The van der Waals surface area contributed by atoms with Crippen LogP contribution in [-0.2, 0) is 3.36 Å². The van der Waals surface area contributed by atoms with Gasteiger partial charge in [0.25, 0.3) is 0 Å². The Hall–Kier alpha value is -0.792. The second-order valence-corrected chi connectivity index (χ2v) is 8.03. The summed E-state index contributed by atoms with van der Waals surface area (Å²) in [6.07, 6.45) is 0. The van der Waals surface area contributed by atoms with Crippen molar-refractivity contribution in [3.8, 4) is 0 Å². The molecule has 0 aliphatic rings. The molecule has 0 heterocycles. The molecule has 0 aromatic heterocycles. The average Bonchev–Trinajstić information content (AvgIpc) is 2.56. The van der Waals surface area contributed by atoms with Crippen LogP contribution in [0.1, 0.15) is 16.7 Å². The summed E-state index contributed by atoms with van der Waals surface area (Å²) >= 11 is 0.747. The van der Waals surface area contributed by atoms with Crippen molar-refractivity contribution in [1.29, 1.82) is 0 Å². The van der Waals surface area contributed by atoms with Crippen molar-refractivity contribution >= 4 is 23.0 Å². The number of rotatable bonds is 3. The Kier molecular flexibility index (Phi) is 5.89. The quantitative estimate of drug-likeness (QED) is 0.280. The summed E-state index contributed by atoms with van der Waals surface area (Å²) < 4.78 is 0.0488. The van der Waals surface area contributed by atoms with E-state index in [2.05, 4.69) is 91.0 Å². The third-order valence-electron chi connectivity index (χ3n) is 3.80. The van der Waals surface area contributed by atoms with Gasteiger partial charge in [-0.1, -0.05) is 0 Å². The van der Waals surface area contributed by atoms with Crippen molar-refractivity contribution in [1.82, 2.24) is 0 Å². The van der Waals surface area contributed by atoms with Gasteiger partial charge in [-0.2, -0.15) is 0 Å². The maximum absolute atomic E-state index is 2.25. The van der Waals surface area contributed by atoms with Crippen LogP contribution < -0.4 is 24.0 Å². The Bertz CT molecular complexity index is 569. The Morgan fingerprint density at radius 2 is 0.714 bits per heavy atom. The van der Waals surface area contributed by atoms with Crippen molar-refractivity contribution in [3.05, 3.63) is 108 Å². The molecule has 3 rings (SSSR count). The molecule has 0 fully saturated rings. The molecule has 0 spiro atoms. The van der Waals surface area contributed by atoms with E-state index < -0.39 is 0 Å². The van der Waals surface area contributed by atoms with Gasteiger partial charge in [0.1, 0.15) is 0 Å². The molecule has 0 bridgehead atoms. The first-order valence-electron chi connectivity index (χ1n) is 6.84. The summed E-state index contributed by atoms with van der Waals surface area (Å²) in [7, 11) is 0. The first-order chi connectivity index (χ1) is 9.82. The molecule has 0 amide bonds. The Labute approximate surface area is 157 Å². The van der Waals surface area contributed by atoms with E-state index in [9.17, 15) is 0 Å². The van der Waals surface area contributed by atoms with Crippen molar-refractivity contribution in [3.63, 3.8) is 0 Å². The fourth-order valence-corrected chi connectivity index (χ4v) is 4.69. The molecule has 0 radical (unpaired) electrons. The van der Waals surface area contributed by atoms with Gasteiger partial charge in [-0.05, 0) is 0 Å². The minimum atomic E-state index is 0. The van der Waals surface area contributed by atoms with Gasteiger partial charge >= 0.3 is 134 Å². The van der Waals surface area contributed by atoms with Gasteiger partial charge in [0.2, 0.25) is 0 Å². The Morgan fingerprint density at radius 3 is 0.952 bits per heavy atom. The van der Waals surface area contributed by atoms with E-state index in [1.807, 2.05) is 0 Å². The molecule has 3 aromatic rings. The van der Waals surface area contributed by atoms with E-state index in [0.717, 1.165) is 23.0 Å². The van der Waals surface area contributed by atoms with E-state index >= 15 is 0 Å². The summed E-state index contributed by atoms with van der Waals surface area (Å²) in [4.78, 5) is 0. The number of halogens is 1. The fraction of sp³-hybridized carbons (Fsp3) is 0.0526. The summed E-state index contributed by atoms with van der Waals surface area (Å²) in [6.45, 7) is 0. The van der Waals surface area contributed by atoms with Crippen LogP contribution in [0.25, 0.3) is 0 Å². The van der Waals surface area contributed by atoms with Gasteiger partial charge in [-0.25, -0.2) is 0 Å². The van der Waals surface area contributed by atoms with E-state index in [-0.39, 0.29) is 27.3 Å². The molecule has 0 atom stereocenters. The molecule has 2 heteroatoms. The summed E-state index contributed by atoms with van der Waals surface area (Å²) in [5.41, 5.74) is 4.18. The first-order valence-corrected chi connectivity index (χ1v) is 8.85. The predicted molar refractivity (Wildman–Crippen MR) is 89.1 cm³/mol. The third kappa shape index (κ3) is 3.35. The molecule has 0 saturated carbocycles. The van der Waals surface area contributed by atoms with Crippen molar-refractivity contribution in [2.75, 3.05) is 0 Å². The Balaban J connectivity index is 0.00000161. The van der Waals surface area contributed by atoms with Crippen LogP contribution >= 0.6 is 0 Å². The molecule has 0 unspecified atom stereocenters. The molecule has 0 aliphatic carbocycles. The van der Waals surface area contributed by atoms with Crippen LogP contribution in [0, 0.1) is 0 Å². The van der Waals surface area contributed by atoms with Gasteiger partial charge in [0.15, 0.2) is 0 Å². The summed E-state index contributed by atoms with van der Waals surface area (Å²) in [5, 5.41) is 0. The van der Waals surface area contributed by atoms with E-state index in [4.69, 9.17) is 0 Å². The second-order valence-electron chi connectivity index (χ2n) is 5.00. The van der Waals surface area contributed by atoms with Crippen molar-refractivity contribution < 1.29 is 24.0 Å². The second kappa shape index (κ2) is 7.46. The zero-order valence-corrected chi connectivity index (χ0v) is 17.9. The normalized spacial score (nSPS) is 10.9. The number of hydrogen-bond acceptors (Lipinski definition) is 0. The Morgan fingerprint density at radius 1 is 0.476 bits per heavy atom. The first kappa shape index (κ1) is 16.6. The molecule has 0 saturated heterocycles. The van der Waals surface area contributed by atoms with Gasteiger partial charge in [-0.15, -0.1) is 0 Å². The predicted octanol–water partition coefficient (Wildman–Crippen LogP) is 0.348. The molecule has 0 aliphatic heterocycles. The van der Waals surface area contributed by atoms with Crippen LogP contribution in [0.5, 0.6) is 0 Å². The minimum absolute atomic E-state index is 0. The standard InChI is InChI=1S/C19H15.HI.Sb.3H/c1-4-10-16(11-5-1)19(17-12-6-2-7-13-17)18-14-8-3-9-15-18;;;;;/h1-15H;1H;;;;/q;;+1;;;/p-1. The molecular weight excluding hydrogens is 477 g/mol. The van der Waals surface area contributed by atoms with Crippen LogP contribution in [-0.4, -0.2) is 23.0 Å². The topological polar surface area (TPSA) is 0 Å². The van der Waals surface area contributed by atoms with Gasteiger partial charge in [-0.3, -0.25) is 0 Å². The molecule has 106 valence electrons. The fourth-order valence-electron chi connectivity index (χ4n) is 2.67. The molecule has 21 heavy (non-hydrogen) atoms. The number of hydrogen-bond donors (Lipinski definition) is 0. The van der Waals surface area contributed by atoms with E-state index in [1.54, 1.807) is 0 Å². The zero-order valence-electron chi connectivity index (χ0n) is 11.7. The van der Waals surface area contributed by atoms with Crippen LogP contribution in [0.3, 0.4) is 0 Å². The molecule has 0 nitrogen and oxygen atoms in total.